The van der Waals surface area contributed by atoms with Gasteiger partial charge in [-0.05, 0) is 29.3 Å². The van der Waals surface area contributed by atoms with Crippen molar-refractivity contribution in [1.29, 1.82) is 0 Å². The Bertz CT molecular complexity index is 1220. The van der Waals surface area contributed by atoms with Crippen molar-refractivity contribution in [3.8, 4) is 22.6 Å². The van der Waals surface area contributed by atoms with Crippen LogP contribution in [0, 0.1) is 0 Å². The first kappa shape index (κ1) is 25.6. The van der Waals surface area contributed by atoms with Crippen LogP contribution in [0.5, 0.6) is 0 Å². The predicted molar refractivity (Wildman–Crippen MR) is 136 cm³/mol. The predicted octanol–water partition coefficient (Wildman–Crippen LogP) is 4.55. The molecule has 1 aromatic carbocycles. The number of aromatic nitrogens is 8. The van der Waals surface area contributed by atoms with Gasteiger partial charge in [0.2, 0.25) is 17.4 Å². The number of benzene rings is 1. The summed E-state index contributed by atoms with van der Waals surface area (Å²) in [5.41, 5.74) is 3.73. The van der Waals surface area contributed by atoms with Crippen LogP contribution in [0.2, 0.25) is 0 Å². The number of tetrazole rings is 1. The Morgan fingerprint density at radius 2 is 1.81 bits per heavy atom. The van der Waals surface area contributed by atoms with Crippen molar-refractivity contribution in [1.82, 2.24) is 40.4 Å². The van der Waals surface area contributed by atoms with Gasteiger partial charge in [-0.1, -0.05) is 57.4 Å². The van der Waals surface area contributed by atoms with E-state index in [9.17, 15) is 0 Å². The average molecular weight is 491 g/mol. The molecule has 0 aliphatic carbocycles. The molecule has 4 rings (SSSR count). The minimum Gasteiger partial charge on any atom is -0.347 e. The maximum atomic E-state index is 5.78. The topological polar surface area (TPSA) is 117 Å². The van der Waals surface area contributed by atoms with E-state index in [2.05, 4.69) is 63.7 Å². The monoisotopic (exact) mass is 490 g/mol. The summed E-state index contributed by atoms with van der Waals surface area (Å²) < 4.78 is 13.6. The molecular formula is C26H34N8O2. The SMILES string of the molecule is CCCCCn1nc(C(CCC)(OC)OC)nc1Cc1ccc(-c2ncccc2-c2nn[nH]n2)cc1. The molecule has 1 N–H and O–H groups in total. The fourth-order valence-corrected chi connectivity index (χ4v) is 4.32. The van der Waals surface area contributed by atoms with Crippen LogP contribution in [-0.4, -0.2) is 54.6 Å². The average Bonchev–Trinajstić information content (AvgIpc) is 3.59. The summed E-state index contributed by atoms with van der Waals surface area (Å²) in [7, 11) is 3.30. The molecule has 0 saturated heterocycles. The van der Waals surface area contributed by atoms with E-state index in [-0.39, 0.29) is 0 Å². The summed E-state index contributed by atoms with van der Waals surface area (Å²) in [5, 5.41) is 19.2. The van der Waals surface area contributed by atoms with Crippen LogP contribution in [0.15, 0.2) is 42.6 Å². The van der Waals surface area contributed by atoms with Crippen LogP contribution >= 0.6 is 0 Å². The van der Waals surface area contributed by atoms with E-state index in [1.807, 2.05) is 16.8 Å². The van der Waals surface area contributed by atoms with Crippen LogP contribution < -0.4 is 0 Å². The lowest BCUT2D eigenvalue weighted by Gasteiger charge is -2.27. The van der Waals surface area contributed by atoms with Crippen molar-refractivity contribution in [2.75, 3.05) is 14.2 Å². The molecule has 0 atom stereocenters. The molecule has 0 fully saturated rings. The molecule has 10 heteroatoms. The second-order valence-electron chi connectivity index (χ2n) is 8.70. The highest BCUT2D eigenvalue weighted by Gasteiger charge is 2.36. The number of H-pyrrole nitrogens is 1. The van der Waals surface area contributed by atoms with E-state index in [0.717, 1.165) is 60.4 Å². The highest BCUT2D eigenvalue weighted by atomic mass is 16.7. The van der Waals surface area contributed by atoms with E-state index in [4.69, 9.17) is 19.6 Å². The van der Waals surface area contributed by atoms with E-state index < -0.39 is 5.79 Å². The minimum absolute atomic E-state index is 0.515. The quantitative estimate of drug-likeness (QED) is 0.214. The molecule has 3 aromatic heterocycles. The lowest BCUT2D eigenvalue weighted by atomic mass is 10.0. The maximum absolute atomic E-state index is 5.78. The van der Waals surface area contributed by atoms with Gasteiger partial charge in [0.25, 0.3) is 0 Å². The van der Waals surface area contributed by atoms with Crippen LogP contribution in [-0.2, 0) is 28.2 Å². The van der Waals surface area contributed by atoms with Gasteiger partial charge in [-0.3, -0.25) is 4.98 Å². The first-order valence-electron chi connectivity index (χ1n) is 12.5. The number of nitrogens with zero attached hydrogens (tertiary/aromatic N) is 7. The van der Waals surface area contributed by atoms with Gasteiger partial charge in [0.05, 0.1) is 5.69 Å². The fraction of sp³-hybridized carbons (Fsp3) is 0.462. The lowest BCUT2D eigenvalue weighted by Crippen LogP contribution is -2.32. The fourth-order valence-electron chi connectivity index (χ4n) is 4.32. The lowest BCUT2D eigenvalue weighted by molar-refractivity contribution is -0.225. The van der Waals surface area contributed by atoms with Gasteiger partial charge in [-0.2, -0.15) is 10.3 Å². The molecule has 10 nitrogen and oxygen atoms in total. The molecule has 0 saturated carbocycles. The Hall–Kier alpha value is -3.50. The largest absolute Gasteiger partial charge is 0.347 e. The van der Waals surface area contributed by atoms with Gasteiger partial charge in [0.1, 0.15) is 5.82 Å². The Balaban J connectivity index is 1.61. The molecule has 0 radical (unpaired) electrons. The van der Waals surface area contributed by atoms with Gasteiger partial charge >= 0.3 is 0 Å². The Morgan fingerprint density at radius 3 is 2.47 bits per heavy atom. The molecule has 36 heavy (non-hydrogen) atoms. The summed E-state index contributed by atoms with van der Waals surface area (Å²) in [4.78, 5) is 9.47. The molecule has 190 valence electrons. The molecule has 4 aromatic rings. The van der Waals surface area contributed by atoms with Crippen molar-refractivity contribution in [2.45, 2.75) is 64.7 Å². The minimum atomic E-state index is -0.937. The number of pyridine rings is 1. The molecule has 0 bridgehead atoms. The summed E-state index contributed by atoms with van der Waals surface area (Å²) >= 11 is 0. The van der Waals surface area contributed by atoms with Gasteiger partial charge in [0, 0.05) is 50.9 Å². The normalized spacial score (nSPS) is 11.8. The zero-order valence-corrected chi connectivity index (χ0v) is 21.4. The van der Waals surface area contributed by atoms with Gasteiger partial charge in [0.15, 0.2) is 0 Å². The highest BCUT2D eigenvalue weighted by Crippen LogP contribution is 2.30. The van der Waals surface area contributed by atoms with Crippen molar-refractivity contribution in [3.05, 3.63) is 59.8 Å². The third-order valence-corrected chi connectivity index (χ3v) is 6.28. The standard InChI is InChI=1S/C26H34N8O2/c1-5-7-8-17-34-22(28-25(31-34)26(35-3,36-4)15-6-2)18-19-11-13-20(14-12-19)23-21(10-9-16-27-23)24-29-32-33-30-24/h9-14,16H,5-8,15,17-18H2,1-4H3,(H,29,30,32,33). The van der Waals surface area contributed by atoms with Crippen LogP contribution in [0.3, 0.4) is 0 Å². The number of ether oxygens (including phenoxy) is 2. The third kappa shape index (κ3) is 5.50. The summed E-state index contributed by atoms with van der Waals surface area (Å²) in [6.07, 6.45) is 7.32. The summed E-state index contributed by atoms with van der Waals surface area (Å²) in [5.74, 6) is 1.06. The molecule has 0 unspecified atom stereocenters. The molecule has 0 amide bonds. The van der Waals surface area contributed by atoms with Gasteiger partial charge < -0.3 is 9.47 Å². The second-order valence-corrected chi connectivity index (χ2v) is 8.70. The molecule has 0 aliphatic heterocycles. The maximum Gasteiger partial charge on any atom is 0.231 e. The number of unbranched alkanes of at least 4 members (excludes halogenated alkanes) is 2. The Labute approximate surface area is 211 Å². The molecule has 3 heterocycles. The zero-order valence-electron chi connectivity index (χ0n) is 21.4. The second kappa shape index (κ2) is 12.0. The number of rotatable bonds is 13. The molecule has 0 spiro atoms. The zero-order chi connectivity index (χ0) is 25.4. The number of methoxy groups -OCH3 is 2. The van der Waals surface area contributed by atoms with Crippen LogP contribution in [0.25, 0.3) is 22.6 Å². The van der Waals surface area contributed by atoms with Crippen molar-refractivity contribution >= 4 is 0 Å². The van der Waals surface area contributed by atoms with Crippen molar-refractivity contribution < 1.29 is 9.47 Å². The molecule has 0 aliphatic rings. The Kier molecular flexibility index (Phi) is 8.50. The van der Waals surface area contributed by atoms with E-state index >= 15 is 0 Å². The van der Waals surface area contributed by atoms with E-state index in [0.29, 0.717) is 24.5 Å². The van der Waals surface area contributed by atoms with Gasteiger partial charge in [-0.25, -0.2) is 9.67 Å². The summed E-state index contributed by atoms with van der Waals surface area (Å²) in [6, 6.07) is 12.1. The number of hydrogen-bond acceptors (Lipinski definition) is 8. The van der Waals surface area contributed by atoms with Crippen molar-refractivity contribution in [3.63, 3.8) is 0 Å². The third-order valence-electron chi connectivity index (χ3n) is 6.28. The Morgan fingerprint density at radius 1 is 1.00 bits per heavy atom. The van der Waals surface area contributed by atoms with E-state index in [1.165, 1.54) is 0 Å². The van der Waals surface area contributed by atoms with Gasteiger partial charge in [-0.15, -0.1) is 10.2 Å². The van der Waals surface area contributed by atoms with Crippen LogP contribution in [0.1, 0.15) is 63.2 Å². The van der Waals surface area contributed by atoms with E-state index in [1.54, 1.807) is 20.4 Å². The first-order valence-corrected chi connectivity index (χ1v) is 12.5. The first-order chi connectivity index (χ1) is 17.6. The highest BCUT2D eigenvalue weighted by molar-refractivity contribution is 5.76. The number of aryl methyl sites for hydroxylation is 1. The number of hydrogen-bond donors (Lipinski definition) is 1. The van der Waals surface area contributed by atoms with Crippen molar-refractivity contribution in [2.24, 2.45) is 0 Å². The number of aromatic amines is 1. The molecular weight excluding hydrogens is 456 g/mol. The smallest absolute Gasteiger partial charge is 0.231 e. The number of nitrogens with one attached hydrogen (secondary N) is 1. The summed E-state index contributed by atoms with van der Waals surface area (Å²) in [6.45, 7) is 5.11. The van der Waals surface area contributed by atoms with Crippen LogP contribution in [0.4, 0.5) is 0 Å².